The number of hydrogen-bond donors (Lipinski definition) is 1. The zero-order valence-corrected chi connectivity index (χ0v) is 12.9. The third kappa shape index (κ3) is 3.56. The lowest BCUT2D eigenvalue weighted by atomic mass is 10.0. The number of amides is 1. The molecule has 0 aliphatic heterocycles. The van der Waals surface area contributed by atoms with Crippen LogP contribution >= 0.6 is 15.9 Å². The third-order valence-corrected chi connectivity index (χ3v) is 3.40. The van der Waals surface area contributed by atoms with Crippen LogP contribution in [0.4, 0.5) is 11.4 Å². The second-order valence-electron chi connectivity index (χ2n) is 4.36. The molecule has 0 radical (unpaired) electrons. The monoisotopic (exact) mass is 362 g/mol. The van der Waals surface area contributed by atoms with Crippen molar-refractivity contribution in [3.05, 3.63) is 69.8 Å². The molecule has 1 N–H and O–H groups in total. The maximum Gasteiger partial charge on any atom is 0.270 e. The molecule has 0 aliphatic carbocycles. The molecule has 2 aromatic carbocycles. The predicted molar refractivity (Wildman–Crippen MR) is 85.4 cm³/mol. The van der Waals surface area contributed by atoms with Gasteiger partial charge in [-0.3, -0.25) is 19.7 Å². The van der Waals surface area contributed by atoms with Crippen molar-refractivity contribution in [3.63, 3.8) is 0 Å². The Morgan fingerprint density at radius 3 is 2.41 bits per heavy atom. The fourth-order valence-corrected chi connectivity index (χ4v) is 2.01. The number of ketones is 1. The topological polar surface area (TPSA) is 89.3 Å². The van der Waals surface area contributed by atoms with E-state index in [9.17, 15) is 19.7 Å². The Morgan fingerprint density at radius 1 is 1.14 bits per heavy atom. The summed E-state index contributed by atoms with van der Waals surface area (Å²) in [6, 6.07) is 12.1. The van der Waals surface area contributed by atoms with E-state index in [1.807, 2.05) is 0 Å². The number of anilines is 1. The standard InChI is InChI=1S/C15H11BrN2O4/c16-9-14(19)17-13-7-6-11(18(21)22)8-12(13)15(20)10-4-2-1-3-5-10/h1-8H,9H2,(H,17,19). The van der Waals surface area contributed by atoms with Crippen molar-refractivity contribution in [3.8, 4) is 0 Å². The molecular formula is C15H11BrN2O4. The van der Waals surface area contributed by atoms with Crippen LogP contribution in [0.5, 0.6) is 0 Å². The highest BCUT2D eigenvalue weighted by Gasteiger charge is 2.19. The van der Waals surface area contributed by atoms with Gasteiger partial charge in [0.2, 0.25) is 5.91 Å². The van der Waals surface area contributed by atoms with Crippen LogP contribution in [0.25, 0.3) is 0 Å². The van der Waals surface area contributed by atoms with Gasteiger partial charge in [-0.25, -0.2) is 0 Å². The Balaban J connectivity index is 2.49. The first-order valence-electron chi connectivity index (χ1n) is 6.27. The maximum absolute atomic E-state index is 12.5. The Labute approximate surface area is 134 Å². The number of nitrogens with one attached hydrogen (secondary N) is 1. The summed E-state index contributed by atoms with van der Waals surface area (Å²) < 4.78 is 0. The van der Waals surface area contributed by atoms with Gasteiger partial charge in [0.25, 0.3) is 5.69 Å². The number of alkyl halides is 1. The van der Waals surface area contributed by atoms with Crippen LogP contribution < -0.4 is 5.32 Å². The van der Waals surface area contributed by atoms with Gasteiger partial charge in [0.1, 0.15) is 0 Å². The van der Waals surface area contributed by atoms with Crippen molar-refractivity contribution < 1.29 is 14.5 Å². The molecule has 0 unspecified atom stereocenters. The molecule has 22 heavy (non-hydrogen) atoms. The Kier molecular flexibility index (Phi) is 5.00. The zero-order chi connectivity index (χ0) is 16.1. The van der Waals surface area contributed by atoms with E-state index in [0.29, 0.717) is 5.56 Å². The van der Waals surface area contributed by atoms with Gasteiger partial charge in [-0.2, -0.15) is 0 Å². The van der Waals surface area contributed by atoms with Gasteiger partial charge >= 0.3 is 0 Å². The molecule has 0 bridgehead atoms. The van der Waals surface area contributed by atoms with Gasteiger partial charge in [0.15, 0.2) is 5.78 Å². The number of carbonyl (C=O) groups is 2. The van der Waals surface area contributed by atoms with Gasteiger partial charge in [-0.15, -0.1) is 0 Å². The number of halogens is 1. The van der Waals surface area contributed by atoms with E-state index < -0.39 is 10.7 Å². The molecule has 0 heterocycles. The summed E-state index contributed by atoms with van der Waals surface area (Å²) >= 11 is 3.01. The molecule has 0 fully saturated rings. The largest absolute Gasteiger partial charge is 0.325 e. The minimum absolute atomic E-state index is 0.0585. The van der Waals surface area contributed by atoms with Crippen LogP contribution in [0.1, 0.15) is 15.9 Å². The number of rotatable bonds is 5. The number of nitrogens with zero attached hydrogens (tertiary/aromatic N) is 1. The first kappa shape index (κ1) is 15.8. The Bertz CT molecular complexity index is 732. The molecule has 0 aliphatic rings. The van der Waals surface area contributed by atoms with Gasteiger partial charge in [-0.05, 0) is 6.07 Å². The molecule has 0 aromatic heterocycles. The van der Waals surface area contributed by atoms with Crippen molar-refractivity contribution in [1.82, 2.24) is 0 Å². The molecule has 0 spiro atoms. The van der Waals surface area contributed by atoms with E-state index >= 15 is 0 Å². The summed E-state index contributed by atoms with van der Waals surface area (Å²) in [4.78, 5) is 34.4. The summed E-state index contributed by atoms with van der Waals surface area (Å²) in [5.41, 5.74) is 0.493. The Hall–Kier alpha value is -2.54. The third-order valence-electron chi connectivity index (χ3n) is 2.89. The highest BCUT2D eigenvalue weighted by atomic mass is 79.9. The van der Waals surface area contributed by atoms with Gasteiger partial charge in [0, 0.05) is 17.7 Å². The molecular weight excluding hydrogens is 352 g/mol. The fourth-order valence-electron chi connectivity index (χ4n) is 1.87. The number of nitro benzene ring substituents is 1. The van der Waals surface area contributed by atoms with E-state index in [0.717, 1.165) is 0 Å². The summed E-state index contributed by atoms with van der Waals surface area (Å²) in [6.45, 7) is 0. The van der Waals surface area contributed by atoms with Crippen molar-refractivity contribution in [2.24, 2.45) is 0 Å². The number of benzene rings is 2. The van der Waals surface area contributed by atoms with Gasteiger partial charge in [-0.1, -0.05) is 46.3 Å². The molecule has 1 amide bonds. The highest BCUT2D eigenvalue weighted by Crippen LogP contribution is 2.25. The summed E-state index contributed by atoms with van der Waals surface area (Å²) in [5.74, 6) is -0.745. The minimum Gasteiger partial charge on any atom is -0.325 e. The maximum atomic E-state index is 12.5. The SMILES string of the molecule is O=C(CBr)Nc1ccc([N+](=O)[O-])cc1C(=O)c1ccccc1. The Morgan fingerprint density at radius 2 is 1.82 bits per heavy atom. The zero-order valence-electron chi connectivity index (χ0n) is 11.3. The second-order valence-corrected chi connectivity index (χ2v) is 4.92. The van der Waals surface area contributed by atoms with Crippen LogP contribution in [0.3, 0.4) is 0 Å². The van der Waals surface area contributed by atoms with Crippen LogP contribution in [0, 0.1) is 10.1 Å². The lowest BCUT2D eigenvalue weighted by Crippen LogP contribution is -2.16. The van der Waals surface area contributed by atoms with E-state index in [1.165, 1.54) is 18.2 Å². The molecule has 0 saturated carbocycles. The normalized spacial score (nSPS) is 10.0. The number of hydrogen-bond acceptors (Lipinski definition) is 4. The minimum atomic E-state index is -0.585. The summed E-state index contributed by atoms with van der Waals surface area (Å²) in [6.07, 6.45) is 0. The number of carbonyl (C=O) groups excluding carboxylic acids is 2. The van der Waals surface area contributed by atoms with E-state index in [2.05, 4.69) is 21.2 Å². The molecule has 0 atom stereocenters. The van der Waals surface area contributed by atoms with E-state index in [4.69, 9.17) is 0 Å². The fraction of sp³-hybridized carbons (Fsp3) is 0.0667. The first-order chi connectivity index (χ1) is 10.5. The number of nitro groups is 1. The van der Waals surface area contributed by atoms with Crippen LogP contribution in [0.15, 0.2) is 48.5 Å². The molecule has 0 saturated heterocycles. The number of non-ortho nitro benzene ring substituents is 1. The lowest BCUT2D eigenvalue weighted by Gasteiger charge is -2.09. The molecule has 2 aromatic rings. The van der Waals surface area contributed by atoms with E-state index in [1.54, 1.807) is 30.3 Å². The van der Waals surface area contributed by atoms with Crippen molar-refractivity contribution >= 4 is 39.0 Å². The quantitative estimate of drug-likeness (QED) is 0.382. The summed E-state index contributed by atoms with van der Waals surface area (Å²) in [5, 5.41) is 13.5. The summed E-state index contributed by atoms with van der Waals surface area (Å²) in [7, 11) is 0. The van der Waals surface area contributed by atoms with Crippen molar-refractivity contribution in [2.45, 2.75) is 0 Å². The highest BCUT2D eigenvalue weighted by molar-refractivity contribution is 9.09. The smallest absolute Gasteiger partial charge is 0.270 e. The molecule has 6 nitrogen and oxygen atoms in total. The lowest BCUT2D eigenvalue weighted by molar-refractivity contribution is -0.384. The average Bonchev–Trinajstić information content (AvgIpc) is 2.55. The van der Waals surface area contributed by atoms with E-state index in [-0.39, 0.29) is 28.2 Å². The van der Waals surface area contributed by atoms with Gasteiger partial charge < -0.3 is 5.32 Å². The van der Waals surface area contributed by atoms with Crippen LogP contribution in [0.2, 0.25) is 0 Å². The van der Waals surface area contributed by atoms with Crippen LogP contribution in [-0.2, 0) is 4.79 Å². The molecule has 2 rings (SSSR count). The van der Waals surface area contributed by atoms with Crippen LogP contribution in [-0.4, -0.2) is 21.9 Å². The van der Waals surface area contributed by atoms with Crippen molar-refractivity contribution in [1.29, 1.82) is 0 Å². The van der Waals surface area contributed by atoms with Gasteiger partial charge in [0.05, 0.1) is 21.5 Å². The second kappa shape index (κ2) is 6.95. The molecule has 7 heteroatoms. The van der Waals surface area contributed by atoms with Crippen molar-refractivity contribution in [2.75, 3.05) is 10.6 Å². The average molecular weight is 363 g/mol. The molecule has 112 valence electrons. The predicted octanol–water partition coefficient (Wildman–Crippen LogP) is 3.16. The first-order valence-corrected chi connectivity index (χ1v) is 7.39.